The van der Waals surface area contributed by atoms with E-state index in [4.69, 9.17) is 14.2 Å². The molecule has 2 fully saturated rings. The molecule has 0 unspecified atom stereocenters. The molecule has 2 aromatic rings. The molecule has 1 aromatic carbocycles. The van der Waals surface area contributed by atoms with E-state index in [0.717, 1.165) is 30.4 Å². The third-order valence-electron chi connectivity index (χ3n) is 9.67. The van der Waals surface area contributed by atoms with E-state index in [1.165, 1.54) is 29.2 Å². The number of rotatable bonds is 17. The van der Waals surface area contributed by atoms with Gasteiger partial charge in [0.25, 0.3) is 9.84 Å². The van der Waals surface area contributed by atoms with Crippen LogP contribution in [0.5, 0.6) is 5.88 Å². The zero-order chi connectivity index (χ0) is 36.5. The Labute approximate surface area is 293 Å². The number of ether oxygens (including phenoxy) is 3. The second-order valence-electron chi connectivity index (χ2n) is 13.2. The second-order valence-corrected chi connectivity index (χ2v) is 15.1. The van der Waals surface area contributed by atoms with Crippen molar-refractivity contribution < 1.29 is 46.5 Å². The van der Waals surface area contributed by atoms with Crippen LogP contribution in [0.25, 0.3) is 0 Å². The molecule has 13 nitrogen and oxygen atoms in total. The standard InChI is InChI=1S/C36H47N3O10S/c1-6-36(5)19-18-27(23-29(36)25(2)3)26(4)24-48-35(42)30-15-12-20-38(30)31(40)16-17-32(41)46-21-10-11-22-47-33-34(39(43)49-37-33)50(44,45)28-13-8-7-9-14-28/h6-9,13-14,27,29-30H,1-2,4,10-12,15-24H2,3,5H3/t27-,29+,30+,36-/m1/s1. The van der Waals surface area contributed by atoms with Gasteiger partial charge in [-0.3, -0.25) is 14.2 Å². The number of esters is 2. The predicted octanol–water partition coefficient (Wildman–Crippen LogP) is 4.90. The van der Waals surface area contributed by atoms with E-state index in [2.05, 4.69) is 36.4 Å². The highest BCUT2D eigenvalue weighted by Gasteiger charge is 2.40. The number of unbranched alkanes of at least 4 members (excludes halogenated alkanes) is 1. The number of sulfone groups is 1. The molecule has 14 heteroatoms. The van der Waals surface area contributed by atoms with E-state index < -0.39 is 38.7 Å². The first kappa shape index (κ1) is 38.3. The molecule has 1 aliphatic heterocycles. The van der Waals surface area contributed by atoms with Gasteiger partial charge in [-0.2, -0.15) is 0 Å². The smallest absolute Gasteiger partial charge is 0.414 e. The normalized spacial score (nSPS) is 22.0. The van der Waals surface area contributed by atoms with E-state index in [1.807, 2.05) is 13.0 Å². The van der Waals surface area contributed by atoms with Crippen LogP contribution < -0.4 is 9.64 Å². The van der Waals surface area contributed by atoms with Gasteiger partial charge in [0.2, 0.25) is 5.91 Å². The quantitative estimate of drug-likeness (QED) is 0.0946. The summed E-state index contributed by atoms with van der Waals surface area (Å²) < 4.78 is 46.4. The first-order valence-corrected chi connectivity index (χ1v) is 18.4. The van der Waals surface area contributed by atoms with Gasteiger partial charge in [-0.25, -0.2) is 13.2 Å². The number of nitrogens with zero attached hydrogens (tertiary/aromatic N) is 3. The molecule has 4 atom stereocenters. The molecule has 2 heterocycles. The van der Waals surface area contributed by atoms with Crippen molar-refractivity contribution in [1.29, 1.82) is 0 Å². The molecule has 0 spiro atoms. The molecule has 1 amide bonds. The van der Waals surface area contributed by atoms with Crippen molar-refractivity contribution in [1.82, 2.24) is 10.1 Å². The minimum Gasteiger partial charge on any atom is -0.466 e. The van der Waals surface area contributed by atoms with E-state index in [-0.39, 0.29) is 65.6 Å². The van der Waals surface area contributed by atoms with Crippen molar-refractivity contribution >= 4 is 27.7 Å². The van der Waals surface area contributed by atoms with Gasteiger partial charge in [-0.05, 0) is 91.7 Å². The fourth-order valence-corrected chi connectivity index (χ4v) is 7.92. The Kier molecular flexibility index (Phi) is 13.0. The van der Waals surface area contributed by atoms with Crippen molar-refractivity contribution in [3.63, 3.8) is 0 Å². The van der Waals surface area contributed by atoms with Gasteiger partial charge in [0.05, 0.1) is 29.7 Å². The van der Waals surface area contributed by atoms with Crippen molar-refractivity contribution in [3.8, 4) is 5.88 Å². The van der Waals surface area contributed by atoms with Gasteiger partial charge in [-0.15, -0.1) is 6.58 Å². The topological polar surface area (TPSA) is 169 Å². The summed E-state index contributed by atoms with van der Waals surface area (Å²) in [6.45, 7) is 17.2. The predicted molar refractivity (Wildman–Crippen MR) is 181 cm³/mol. The lowest BCUT2D eigenvalue weighted by Crippen LogP contribution is -2.42. The summed E-state index contributed by atoms with van der Waals surface area (Å²) in [4.78, 5) is 39.4. The van der Waals surface area contributed by atoms with Crippen LogP contribution in [0.2, 0.25) is 0 Å². The number of carbonyl (C=O) groups excluding carboxylic acids is 3. The molecular weight excluding hydrogens is 666 g/mol. The number of hydrogen-bond acceptors (Lipinski definition) is 11. The summed E-state index contributed by atoms with van der Waals surface area (Å²) in [5, 5.41) is 14.6. The van der Waals surface area contributed by atoms with Crippen LogP contribution in [0.4, 0.5) is 0 Å². The van der Waals surface area contributed by atoms with Crippen molar-refractivity contribution in [2.24, 2.45) is 17.3 Å². The SMILES string of the molecule is C=C[C@]1(C)CC[C@@H](C(=C)COC(=O)[C@@H]2CCCN2C(=O)CCC(=O)OCCCCOc2no[n+]([O-])c2S(=O)(=O)c2ccccc2)C[C@H]1C(=C)C. The average molecular weight is 714 g/mol. The summed E-state index contributed by atoms with van der Waals surface area (Å²) in [7, 11) is -4.23. The molecule has 1 aliphatic carbocycles. The lowest BCUT2D eigenvalue weighted by atomic mass is 9.61. The fourth-order valence-electron chi connectivity index (χ4n) is 6.62. The summed E-state index contributed by atoms with van der Waals surface area (Å²) in [5.74, 6) is -1.35. The maximum Gasteiger partial charge on any atom is 0.414 e. The highest BCUT2D eigenvalue weighted by Crippen LogP contribution is 2.48. The van der Waals surface area contributed by atoms with E-state index >= 15 is 0 Å². The number of allylic oxidation sites excluding steroid dienone is 2. The summed E-state index contributed by atoms with van der Waals surface area (Å²) in [5.41, 5.74) is 1.95. The molecule has 2 aliphatic rings. The Balaban J connectivity index is 1.14. The molecule has 1 saturated heterocycles. The number of amides is 1. The van der Waals surface area contributed by atoms with Crippen molar-refractivity contribution in [2.45, 2.75) is 87.6 Å². The zero-order valence-electron chi connectivity index (χ0n) is 28.8. The first-order chi connectivity index (χ1) is 23.8. The lowest BCUT2D eigenvalue weighted by Gasteiger charge is -2.43. The molecule has 4 rings (SSSR count). The van der Waals surface area contributed by atoms with Crippen molar-refractivity contribution in [2.75, 3.05) is 26.4 Å². The summed E-state index contributed by atoms with van der Waals surface area (Å²) in [6.07, 6.45) is 6.37. The fraction of sp³-hybridized carbons (Fsp3) is 0.528. The van der Waals surface area contributed by atoms with Gasteiger partial charge >= 0.3 is 22.8 Å². The van der Waals surface area contributed by atoms with Gasteiger partial charge in [-0.1, -0.05) is 49.9 Å². The number of aromatic nitrogens is 2. The van der Waals surface area contributed by atoms with Crippen LogP contribution in [0.3, 0.4) is 0 Å². The van der Waals surface area contributed by atoms with Crippen molar-refractivity contribution in [3.05, 3.63) is 72.5 Å². The molecule has 1 saturated carbocycles. The highest BCUT2D eigenvalue weighted by atomic mass is 32.2. The molecule has 50 heavy (non-hydrogen) atoms. The molecule has 272 valence electrons. The lowest BCUT2D eigenvalue weighted by molar-refractivity contribution is -0.832. The van der Waals surface area contributed by atoms with Crippen LogP contribution >= 0.6 is 0 Å². The average Bonchev–Trinajstić information content (AvgIpc) is 3.75. The van der Waals surface area contributed by atoms with Crippen LogP contribution in [-0.2, 0) is 33.7 Å². The molecule has 0 N–H and O–H groups in total. The first-order valence-electron chi connectivity index (χ1n) is 16.9. The van der Waals surface area contributed by atoms with Gasteiger partial charge in [0.15, 0.2) is 0 Å². The van der Waals surface area contributed by atoms with Crippen LogP contribution in [0.1, 0.15) is 71.6 Å². The number of hydrogen-bond donors (Lipinski definition) is 0. The Morgan fingerprint density at radius 2 is 1.84 bits per heavy atom. The van der Waals surface area contributed by atoms with Crippen LogP contribution in [0, 0.1) is 22.5 Å². The molecular formula is C36H47N3O10S. The Hall–Kier alpha value is -4.46. The number of carbonyl (C=O) groups is 3. The minimum atomic E-state index is -4.23. The molecule has 0 radical (unpaired) electrons. The van der Waals surface area contributed by atoms with Crippen LogP contribution in [0.15, 0.2) is 81.8 Å². The highest BCUT2D eigenvalue weighted by molar-refractivity contribution is 7.91. The van der Waals surface area contributed by atoms with E-state index in [9.17, 15) is 28.0 Å². The van der Waals surface area contributed by atoms with Gasteiger partial charge in [0, 0.05) is 13.0 Å². The monoisotopic (exact) mass is 713 g/mol. The van der Waals surface area contributed by atoms with E-state index in [0.29, 0.717) is 32.2 Å². The maximum atomic E-state index is 13.0. The van der Waals surface area contributed by atoms with Gasteiger partial charge < -0.3 is 24.3 Å². The third kappa shape index (κ3) is 9.20. The second kappa shape index (κ2) is 17.0. The number of benzene rings is 1. The molecule has 0 bridgehead atoms. The largest absolute Gasteiger partial charge is 0.466 e. The summed E-state index contributed by atoms with van der Waals surface area (Å²) in [6, 6.07) is 6.64. The summed E-state index contributed by atoms with van der Waals surface area (Å²) >= 11 is 0. The van der Waals surface area contributed by atoms with Gasteiger partial charge in [0.1, 0.15) is 12.6 Å². The Morgan fingerprint density at radius 3 is 2.54 bits per heavy atom. The zero-order valence-corrected chi connectivity index (χ0v) is 29.7. The Bertz CT molecular complexity index is 1670. The number of likely N-dealkylation sites (tertiary alicyclic amines) is 1. The van der Waals surface area contributed by atoms with E-state index in [1.54, 1.807) is 6.07 Å². The minimum absolute atomic E-state index is 0.0169. The third-order valence-corrected chi connectivity index (χ3v) is 11.4. The van der Waals surface area contributed by atoms with Crippen LogP contribution in [-0.4, -0.2) is 68.7 Å². The maximum absolute atomic E-state index is 13.0. The molecule has 1 aromatic heterocycles. The Morgan fingerprint density at radius 1 is 1.12 bits per heavy atom.